The Morgan fingerprint density at radius 2 is 1.76 bits per heavy atom. The maximum atomic E-state index is 13.8. The van der Waals surface area contributed by atoms with Crippen LogP contribution in [0.15, 0.2) is 77.6 Å². The molecular weight excluding hydrogens is 446 g/mol. The molecule has 1 unspecified atom stereocenters. The topological polar surface area (TPSA) is 55.2 Å². The van der Waals surface area contributed by atoms with Gasteiger partial charge in [-0.2, -0.15) is 0 Å². The lowest BCUT2D eigenvalue weighted by atomic mass is 10.1. The number of benzene rings is 3. The molecule has 4 aromatic rings. The highest BCUT2D eigenvalue weighted by Gasteiger charge is 2.27. The van der Waals surface area contributed by atoms with Gasteiger partial charge in [-0.25, -0.2) is 4.98 Å². The standard InChI is InChI=1S/C28H28ClN3O2/c1-4-5-17-31(27(33)21-11-7-6-8-12-21)20(3)26-30-24-14-10-9-13-23(24)28(34)32(26)25-16-15-22(29)18-19(25)2/h6-16,18,20H,4-5,17H2,1-3H3. The van der Waals surface area contributed by atoms with Crippen LogP contribution >= 0.6 is 11.6 Å². The first-order chi connectivity index (χ1) is 16.4. The van der Waals surface area contributed by atoms with Gasteiger partial charge in [0, 0.05) is 17.1 Å². The van der Waals surface area contributed by atoms with Crippen molar-refractivity contribution in [3.05, 3.63) is 105 Å². The van der Waals surface area contributed by atoms with Crippen LogP contribution in [0.3, 0.4) is 0 Å². The van der Waals surface area contributed by atoms with Crippen molar-refractivity contribution in [1.82, 2.24) is 14.5 Å². The van der Waals surface area contributed by atoms with Crippen LogP contribution in [-0.2, 0) is 0 Å². The lowest BCUT2D eigenvalue weighted by molar-refractivity contribution is 0.0678. The molecule has 6 heteroatoms. The van der Waals surface area contributed by atoms with Gasteiger partial charge in [-0.15, -0.1) is 0 Å². The molecule has 4 rings (SSSR count). The molecule has 0 radical (unpaired) electrons. The van der Waals surface area contributed by atoms with E-state index in [-0.39, 0.29) is 11.5 Å². The van der Waals surface area contributed by atoms with Crippen LogP contribution in [-0.4, -0.2) is 26.9 Å². The number of amides is 1. The lowest BCUT2D eigenvalue weighted by Gasteiger charge is -2.31. The van der Waals surface area contributed by atoms with Crippen LogP contribution in [0.4, 0.5) is 0 Å². The molecule has 0 fully saturated rings. The van der Waals surface area contributed by atoms with Gasteiger partial charge in [-0.05, 0) is 68.3 Å². The number of unbranched alkanes of at least 4 members (excludes halogenated alkanes) is 1. The summed E-state index contributed by atoms with van der Waals surface area (Å²) in [5.74, 6) is 0.442. The summed E-state index contributed by atoms with van der Waals surface area (Å²) >= 11 is 6.20. The average molecular weight is 474 g/mol. The van der Waals surface area contributed by atoms with Crippen LogP contribution in [0.25, 0.3) is 16.6 Å². The van der Waals surface area contributed by atoms with Crippen LogP contribution in [0.5, 0.6) is 0 Å². The van der Waals surface area contributed by atoms with E-state index in [4.69, 9.17) is 16.6 Å². The molecule has 0 bridgehead atoms. The van der Waals surface area contributed by atoms with Crippen molar-refractivity contribution in [2.75, 3.05) is 6.54 Å². The Morgan fingerprint density at radius 1 is 1.06 bits per heavy atom. The Balaban J connectivity index is 1.93. The maximum Gasteiger partial charge on any atom is 0.266 e. The van der Waals surface area contributed by atoms with Crippen molar-refractivity contribution >= 4 is 28.4 Å². The molecule has 1 heterocycles. The van der Waals surface area contributed by atoms with Crippen molar-refractivity contribution < 1.29 is 4.79 Å². The number of aryl methyl sites for hydroxylation is 1. The number of nitrogens with zero attached hydrogens (tertiary/aromatic N) is 3. The summed E-state index contributed by atoms with van der Waals surface area (Å²) < 4.78 is 1.63. The molecular formula is C28H28ClN3O2. The van der Waals surface area contributed by atoms with Crippen LogP contribution < -0.4 is 5.56 Å². The molecule has 1 aromatic heterocycles. The third-order valence-corrected chi connectivity index (χ3v) is 6.31. The highest BCUT2D eigenvalue weighted by atomic mass is 35.5. The minimum atomic E-state index is -0.438. The molecule has 0 aliphatic heterocycles. The van der Waals surface area contributed by atoms with E-state index in [9.17, 15) is 9.59 Å². The SMILES string of the molecule is CCCCN(C(=O)c1ccccc1)C(C)c1nc2ccccc2c(=O)n1-c1ccc(Cl)cc1C. The Labute approximate surface area is 204 Å². The van der Waals surface area contributed by atoms with Crippen LogP contribution in [0.1, 0.15) is 54.5 Å². The molecule has 1 atom stereocenters. The van der Waals surface area contributed by atoms with E-state index >= 15 is 0 Å². The molecule has 0 N–H and O–H groups in total. The first-order valence-corrected chi connectivity index (χ1v) is 11.9. The molecule has 5 nitrogen and oxygen atoms in total. The number of rotatable bonds is 7. The Bertz CT molecular complexity index is 1380. The highest BCUT2D eigenvalue weighted by molar-refractivity contribution is 6.30. The van der Waals surface area contributed by atoms with Crippen molar-refractivity contribution in [2.45, 2.75) is 39.7 Å². The van der Waals surface area contributed by atoms with E-state index in [0.29, 0.717) is 39.5 Å². The fourth-order valence-corrected chi connectivity index (χ4v) is 4.44. The normalized spacial score (nSPS) is 12.0. The molecule has 0 spiro atoms. The minimum Gasteiger partial charge on any atom is -0.329 e. The summed E-state index contributed by atoms with van der Waals surface area (Å²) in [6, 6.07) is 21.6. The fraction of sp³-hybridized carbons (Fsp3) is 0.250. The molecule has 0 aliphatic rings. The van der Waals surface area contributed by atoms with Crippen LogP contribution in [0.2, 0.25) is 5.02 Å². The van der Waals surface area contributed by atoms with Gasteiger partial charge in [0.15, 0.2) is 0 Å². The van der Waals surface area contributed by atoms with Gasteiger partial charge in [-0.3, -0.25) is 14.2 Å². The molecule has 0 saturated heterocycles. The number of para-hydroxylation sites is 1. The molecule has 174 valence electrons. The van der Waals surface area contributed by atoms with Crippen molar-refractivity contribution in [3.63, 3.8) is 0 Å². The number of fused-ring (bicyclic) bond motifs is 1. The monoisotopic (exact) mass is 473 g/mol. The number of carbonyl (C=O) groups is 1. The van der Waals surface area contributed by atoms with E-state index in [0.717, 1.165) is 18.4 Å². The summed E-state index contributed by atoms with van der Waals surface area (Å²) in [7, 11) is 0. The van der Waals surface area contributed by atoms with Gasteiger partial charge in [0.25, 0.3) is 11.5 Å². The molecule has 3 aromatic carbocycles. The number of halogens is 1. The van der Waals surface area contributed by atoms with E-state index in [1.54, 1.807) is 16.7 Å². The second-order valence-electron chi connectivity index (χ2n) is 8.45. The predicted octanol–water partition coefficient (Wildman–Crippen LogP) is 6.35. The van der Waals surface area contributed by atoms with E-state index < -0.39 is 6.04 Å². The fourth-order valence-electron chi connectivity index (χ4n) is 4.22. The summed E-state index contributed by atoms with van der Waals surface area (Å²) in [4.78, 5) is 34.1. The Kier molecular flexibility index (Phi) is 7.13. The zero-order valence-electron chi connectivity index (χ0n) is 19.7. The largest absolute Gasteiger partial charge is 0.329 e. The second kappa shape index (κ2) is 10.2. The maximum absolute atomic E-state index is 13.8. The van der Waals surface area contributed by atoms with Gasteiger partial charge < -0.3 is 4.90 Å². The summed E-state index contributed by atoms with van der Waals surface area (Å²) in [5.41, 5.74) is 2.62. The van der Waals surface area contributed by atoms with Crippen molar-refractivity contribution in [3.8, 4) is 5.69 Å². The quantitative estimate of drug-likeness (QED) is 0.314. The Hall–Kier alpha value is -3.44. The highest BCUT2D eigenvalue weighted by Crippen LogP contribution is 2.27. The van der Waals surface area contributed by atoms with Gasteiger partial charge >= 0.3 is 0 Å². The third kappa shape index (κ3) is 4.62. The number of aromatic nitrogens is 2. The van der Waals surface area contributed by atoms with Gasteiger partial charge in [-0.1, -0.05) is 55.3 Å². The van der Waals surface area contributed by atoms with Crippen LogP contribution in [0, 0.1) is 6.92 Å². The summed E-state index contributed by atoms with van der Waals surface area (Å²) in [5, 5.41) is 1.13. The number of hydrogen-bond donors (Lipinski definition) is 0. The van der Waals surface area contributed by atoms with Crippen molar-refractivity contribution in [1.29, 1.82) is 0 Å². The summed E-state index contributed by atoms with van der Waals surface area (Å²) in [6.07, 6.45) is 1.79. The number of carbonyl (C=O) groups excluding carboxylic acids is 1. The average Bonchev–Trinajstić information content (AvgIpc) is 2.85. The lowest BCUT2D eigenvalue weighted by Crippen LogP contribution is -2.38. The molecule has 0 saturated carbocycles. The van der Waals surface area contributed by atoms with Crippen molar-refractivity contribution in [2.24, 2.45) is 0 Å². The van der Waals surface area contributed by atoms with E-state index in [2.05, 4.69) is 6.92 Å². The molecule has 0 aliphatic carbocycles. The molecule has 1 amide bonds. The predicted molar refractivity (Wildman–Crippen MR) is 138 cm³/mol. The molecule has 34 heavy (non-hydrogen) atoms. The van der Waals surface area contributed by atoms with Gasteiger partial charge in [0.1, 0.15) is 5.82 Å². The minimum absolute atomic E-state index is 0.0802. The smallest absolute Gasteiger partial charge is 0.266 e. The van der Waals surface area contributed by atoms with Gasteiger partial charge in [0.05, 0.1) is 22.6 Å². The van der Waals surface area contributed by atoms with E-state index in [1.807, 2.05) is 79.4 Å². The zero-order chi connectivity index (χ0) is 24.2. The Morgan fingerprint density at radius 3 is 2.47 bits per heavy atom. The zero-order valence-corrected chi connectivity index (χ0v) is 20.4. The third-order valence-electron chi connectivity index (χ3n) is 6.08. The number of hydrogen-bond acceptors (Lipinski definition) is 3. The second-order valence-corrected chi connectivity index (χ2v) is 8.89. The first-order valence-electron chi connectivity index (χ1n) is 11.6. The van der Waals surface area contributed by atoms with E-state index in [1.165, 1.54) is 0 Å². The first kappa shape index (κ1) is 23.7. The van der Waals surface area contributed by atoms with Gasteiger partial charge in [0.2, 0.25) is 0 Å². The summed E-state index contributed by atoms with van der Waals surface area (Å²) in [6.45, 7) is 6.51.